The summed E-state index contributed by atoms with van der Waals surface area (Å²) in [6.45, 7) is 0. The summed E-state index contributed by atoms with van der Waals surface area (Å²) >= 11 is 0. The van der Waals surface area contributed by atoms with Crippen molar-refractivity contribution in [1.82, 2.24) is 10.2 Å². The van der Waals surface area contributed by atoms with Crippen molar-refractivity contribution in [1.29, 1.82) is 0 Å². The smallest absolute Gasteiger partial charge is 0.178 e. The Balaban J connectivity index is 1.93. The van der Waals surface area contributed by atoms with E-state index in [-0.39, 0.29) is 0 Å². The van der Waals surface area contributed by atoms with Crippen LogP contribution in [0, 0.1) is 11.6 Å². The Morgan fingerprint density at radius 2 is 1.94 bits per heavy atom. The van der Waals surface area contributed by atoms with Crippen LogP contribution in [-0.4, -0.2) is 16.4 Å². The third kappa shape index (κ3) is 1.97. The summed E-state index contributed by atoms with van der Waals surface area (Å²) in [6.07, 6.45) is 3.50. The molecule has 0 spiro atoms. The van der Waals surface area contributed by atoms with Gasteiger partial charge in [0.25, 0.3) is 0 Å². The van der Waals surface area contributed by atoms with Crippen LogP contribution in [0.2, 0.25) is 0 Å². The molecule has 1 aromatic heterocycles. The van der Waals surface area contributed by atoms with E-state index in [4.69, 9.17) is 0 Å². The molecule has 2 aromatic rings. The average Bonchev–Trinajstić information content (AvgIpc) is 2.72. The van der Waals surface area contributed by atoms with E-state index in [1.807, 2.05) is 0 Å². The maximum absolute atomic E-state index is 13.1. The lowest BCUT2D eigenvalue weighted by Crippen LogP contribution is -1.95. The van der Waals surface area contributed by atoms with Crippen LogP contribution in [0.25, 0.3) is 0 Å². The number of halogens is 2. The summed E-state index contributed by atoms with van der Waals surface area (Å²) in [7, 11) is 0. The van der Waals surface area contributed by atoms with Gasteiger partial charge in [0.15, 0.2) is 5.82 Å². The highest BCUT2D eigenvalue weighted by atomic mass is 19.1. The molecular weight excluding hydrogens is 238 g/mol. The van der Waals surface area contributed by atoms with Crippen molar-refractivity contribution >= 4 is 23.4 Å². The van der Waals surface area contributed by atoms with Crippen molar-refractivity contribution in [3.8, 4) is 0 Å². The van der Waals surface area contributed by atoms with Gasteiger partial charge in [-0.15, -0.1) is 0 Å². The van der Waals surface area contributed by atoms with E-state index in [1.165, 1.54) is 12.1 Å². The Morgan fingerprint density at radius 1 is 1.17 bits per heavy atom. The van der Waals surface area contributed by atoms with Crippen LogP contribution >= 0.6 is 0 Å². The maximum Gasteiger partial charge on any atom is 0.178 e. The van der Waals surface area contributed by atoms with Gasteiger partial charge in [-0.25, -0.2) is 8.78 Å². The number of hydrogen-bond acceptors (Lipinski definition) is 3. The largest absolute Gasteiger partial charge is 0.337 e. The number of rotatable bonds is 2. The summed E-state index contributed by atoms with van der Waals surface area (Å²) in [5.41, 5.74) is 1.94. The Hall–Kier alpha value is -2.24. The molecule has 92 valence electrons. The first-order valence-electron chi connectivity index (χ1n) is 5.55. The normalized spacial score (nSPS) is 13.4. The number of H-pyrrole nitrogens is 1. The van der Waals surface area contributed by atoms with Gasteiger partial charge in [0, 0.05) is 18.0 Å². The second-order valence-corrected chi connectivity index (χ2v) is 4.03. The van der Waals surface area contributed by atoms with E-state index in [1.54, 1.807) is 6.21 Å². The first-order chi connectivity index (χ1) is 8.72. The third-order valence-corrected chi connectivity index (χ3v) is 2.68. The van der Waals surface area contributed by atoms with E-state index < -0.39 is 11.6 Å². The highest BCUT2D eigenvalue weighted by Crippen LogP contribution is 2.32. The van der Waals surface area contributed by atoms with Crippen molar-refractivity contribution in [2.45, 2.75) is 12.8 Å². The lowest BCUT2D eigenvalue weighted by atomic mass is 10.2. The van der Waals surface area contributed by atoms with Crippen LogP contribution in [0.1, 0.15) is 12.1 Å². The molecule has 2 N–H and O–H groups in total. The number of hydrogen-bond donors (Lipinski definition) is 2. The molecule has 1 aromatic carbocycles. The molecule has 6 heteroatoms. The number of aryl methyl sites for hydroxylation is 1. The molecule has 1 aliphatic heterocycles. The van der Waals surface area contributed by atoms with Crippen LogP contribution in [0.3, 0.4) is 0 Å². The molecule has 0 fully saturated rings. The number of anilines is 2. The molecule has 3 rings (SSSR count). The quantitative estimate of drug-likeness (QED) is 0.858. The third-order valence-electron chi connectivity index (χ3n) is 2.68. The number of aromatic amines is 1. The van der Waals surface area contributed by atoms with Gasteiger partial charge in [-0.3, -0.25) is 10.1 Å². The monoisotopic (exact) mass is 248 g/mol. The van der Waals surface area contributed by atoms with E-state index in [9.17, 15) is 8.78 Å². The summed E-state index contributed by atoms with van der Waals surface area (Å²) in [4.78, 5) is 4.23. The molecule has 0 atom stereocenters. The summed E-state index contributed by atoms with van der Waals surface area (Å²) in [6, 6.07) is 3.23. The van der Waals surface area contributed by atoms with Gasteiger partial charge in [-0.1, -0.05) is 0 Å². The second-order valence-electron chi connectivity index (χ2n) is 4.03. The van der Waals surface area contributed by atoms with Gasteiger partial charge in [-0.2, -0.15) is 5.10 Å². The van der Waals surface area contributed by atoms with Gasteiger partial charge in [0.05, 0.1) is 5.69 Å². The number of fused-ring (bicyclic) bond motifs is 1. The molecule has 0 radical (unpaired) electrons. The summed E-state index contributed by atoms with van der Waals surface area (Å²) in [5, 5.41) is 9.78. The van der Waals surface area contributed by atoms with Crippen molar-refractivity contribution in [3.05, 3.63) is 35.5 Å². The first kappa shape index (κ1) is 10.9. The molecule has 18 heavy (non-hydrogen) atoms. The predicted octanol–water partition coefficient (Wildman–Crippen LogP) is 3.08. The number of aliphatic imine (C=N–C) groups is 1. The molecule has 4 nitrogen and oxygen atoms in total. The van der Waals surface area contributed by atoms with Crippen molar-refractivity contribution < 1.29 is 8.78 Å². The van der Waals surface area contributed by atoms with E-state index >= 15 is 0 Å². The standard InChI is InChI=1S/C12H10F2N4/c13-7-4-8(14)6-9(5-7)16-12-11-10(17-18-12)2-1-3-15-11/h3-6H,1-2H2,(H2,16,17,18). The molecule has 1 aliphatic rings. The minimum Gasteiger partial charge on any atom is -0.337 e. The van der Waals surface area contributed by atoms with E-state index in [2.05, 4.69) is 20.5 Å². The van der Waals surface area contributed by atoms with Crippen molar-refractivity contribution in [2.24, 2.45) is 4.99 Å². The summed E-state index contributed by atoms with van der Waals surface area (Å²) in [5.74, 6) is -0.790. The molecule has 0 amide bonds. The van der Waals surface area contributed by atoms with Crippen LogP contribution < -0.4 is 5.32 Å². The molecule has 0 aliphatic carbocycles. The number of nitrogens with one attached hydrogen (secondary N) is 2. The van der Waals surface area contributed by atoms with E-state index in [0.29, 0.717) is 17.2 Å². The number of nitrogens with zero attached hydrogens (tertiary/aromatic N) is 2. The zero-order valence-corrected chi connectivity index (χ0v) is 9.37. The fourth-order valence-corrected chi connectivity index (χ4v) is 1.90. The molecular formula is C12H10F2N4. The lowest BCUT2D eigenvalue weighted by Gasteiger charge is -2.07. The Kier molecular flexibility index (Phi) is 2.55. The highest BCUT2D eigenvalue weighted by molar-refractivity contribution is 5.77. The van der Waals surface area contributed by atoms with Crippen LogP contribution in [0.5, 0.6) is 0 Å². The van der Waals surface area contributed by atoms with Gasteiger partial charge in [0.2, 0.25) is 0 Å². The Labute approximate surface area is 102 Å². The molecule has 0 bridgehead atoms. The zero-order valence-electron chi connectivity index (χ0n) is 9.37. The fraction of sp³-hybridized carbons (Fsp3) is 0.167. The van der Waals surface area contributed by atoms with E-state index in [0.717, 1.165) is 24.6 Å². The summed E-state index contributed by atoms with van der Waals surface area (Å²) < 4.78 is 26.1. The minimum absolute atomic E-state index is 0.308. The SMILES string of the molecule is Fc1cc(F)cc(Nc2n[nH]c3c2N=CCC3)c1. The van der Waals surface area contributed by atoms with Gasteiger partial charge >= 0.3 is 0 Å². The highest BCUT2D eigenvalue weighted by Gasteiger charge is 2.15. The van der Waals surface area contributed by atoms with Gasteiger partial charge in [-0.05, 0) is 25.0 Å². The lowest BCUT2D eigenvalue weighted by molar-refractivity contribution is 0.584. The minimum atomic E-state index is -0.634. The van der Waals surface area contributed by atoms with Gasteiger partial charge in [0.1, 0.15) is 17.3 Å². The van der Waals surface area contributed by atoms with Gasteiger partial charge < -0.3 is 5.32 Å². The zero-order chi connectivity index (χ0) is 12.5. The topological polar surface area (TPSA) is 53.1 Å². The Bertz CT molecular complexity index is 598. The molecule has 0 saturated carbocycles. The Morgan fingerprint density at radius 3 is 2.72 bits per heavy atom. The molecule has 2 heterocycles. The van der Waals surface area contributed by atoms with Crippen molar-refractivity contribution in [3.63, 3.8) is 0 Å². The molecule has 0 unspecified atom stereocenters. The first-order valence-corrected chi connectivity index (χ1v) is 5.55. The van der Waals surface area contributed by atoms with Crippen molar-refractivity contribution in [2.75, 3.05) is 5.32 Å². The number of benzene rings is 1. The van der Waals surface area contributed by atoms with Crippen LogP contribution in [-0.2, 0) is 6.42 Å². The molecule has 0 saturated heterocycles. The average molecular weight is 248 g/mol. The van der Waals surface area contributed by atoms with Crippen LogP contribution in [0.15, 0.2) is 23.2 Å². The maximum atomic E-state index is 13.1. The van der Waals surface area contributed by atoms with Crippen LogP contribution in [0.4, 0.5) is 26.0 Å². The fourth-order valence-electron chi connectivity index (χ4n) is 1.90. The second kappa shape index (κ2) is 4.21. The predicted molar refractivity (Wildman–Crippen MR) is 64.7 cm³/mol. The number of aromatic nitrogens is 2.